The molecule has 2 heterocycles. The Hall–Kier alpha value is -5.11. The van der Waals surface area contributed by atoms with Gasteiger partial charge in [0.2, 0.25) is 5.82 Å². The zero-order valence-electron chi connectivity index (χ0n) is 20.4. The van der Waals surface area contributed by atoms with Gasteiger partial charge in [0.1, 0.15) is 11.9 Å². The number of ether oxygens (including phenoxy) is 1. The third-order valence-corrected chi connectivity index (χ3v) is 6.33. The monoisotopic (exact) mass is 500 g/mol. The molecule has 1 atom stereocenters. The van der Waals surface area contributed by atoms with Crippen molar-refractivity contribution in [3.05, 3.63) is 131 Å². The highest BCUT2D eigenvalue weighted by Gasteiger charge is 2.26. The number of tetrazole rings is 1. The molecular weight excluding hydrogens is 476 g/mol. The molecule has 8 nitrogen and oxygen atoms in total. The minimum atomic E-state index is -0.283. The van der Waals surface area contributed by atoms with Crippen molar-refractivity contribution in [2.24, 2.45) is 5.10 Å². The summed E-state index contributed by atoms with van der Waals surface area (Å²) in [6.07, 6.45) is 0.379. The Bertz CT molecular complexity index is 1580. The summed E-state index contributed by atoms with van der Waals surface area (Å²) < 4.78 is 6.22. The topological polar surface area (TPSA) is 94.3 Å². The molecule has 0 radical (unpaired) electrons. The molecule has 5 aromatic rings. The van der Waals surface area contributed by atoms with Crippen LogP contribution in [-0.2, 0) is 6.54 Å². The number of fused-ring (bicyclic) bond motifs is 1. The first kappa shape index (κ1) is 23.3. The van der Waals surface area contributed by atoms with Crippen LogP contribution < -0.4 is 10.2 Å². The number of rotatable bonds is 6. The SMILES string of the molecule is O=C(N/N=C1\CC(c2ccccc2)Oc2ccccc21)c1ccc(Cn2nnc(-c3ccccc3)n2)cc1. The second-order valence-corrected chi connectivity index (χ2v) is 8.92. The van der Waals surface area contributed by atoms with E-state index < -0.39 is 0 Å². The minimum absolute atomic E-state index is 0.172. The minimum Gasteiger partial charge on any atom is -0.485 e. The molecule has 1 unspecified atom stereocenters. The lowest BCUT2D eigenvalue weighted by atomic mass is 9.96. The lowest BCUT2D eigenvalue weighted by Crippen LogP contribution is -2.25. The maximum Gasteiger partial charge on any atom is 0.271 e. The largest absolute Gasteiger partial charge is 0.485 e. The predicted molar refractivity (Wildman–Crippen MR) is 144 cm³/mol. The van der Waals surface area contributed by atoms with Gasteiger partial charge in [0, 0.05) is 23.1 Å². The smallest absolute Gasteiger partial charge is 0.271 e. The van der Waals surface area contributed by atoms with Gasteiger partial charge in [0.05, 0.1) is 12.3 Å². The highest BCUT2D eigenvalue weighted by atomic mass is 16.5. The molecule has 1 aliphatic heterocycles. The van der Waals surface area contributed by atoms with E-state index in [4.69, 9.17) is 4.74 Å². The van der Waals surface area contributed by atoms with Crippen molar-refractivity contribution < 1.29 is 9.53 Å². The maximum atomic E-state index is 12.9. The summed E-state index contributed by atoms with van der Waals surface area (Å²) in [6, 6.07) is 34.8. The standard InChI is InChI=1S/C30H24N6O2/c37-30(24-17-15-21(16-18-24)20-36-34-29(32-35-36)23-11-5-2-6-12-23)33-31-26-19-28(22-9-3-1-4-10-22)38-27-14-8-7-13-25(26)27/h1-18,28H,19-20H2,(H,33,37)/b31-26+. The van der Waals surface area contributed by atoms with Crippen LogP contribution in [0, 0.1) is 0 Å². The van der Waals surface area contributed by atoms with Crippen LogP contribution in [0.2, 0.25) is 0 Å². The van der Waals surface area contributed by atoms with Gasteiger partial charge in [-0.05, 0) is 40.6 Å². The Morgan fingerprint density at radius 3 is 2.39 bits per heavy atom. The number of aromatic nitrogens is 4. The number of amides is 1. The number of hydrogen-bond acceptors (Lipinski definition) is 6. The first-order valence-corrected chi connectivity index (χ1v) is 12.3. The van der Waals surface area contributed by atoms with Crippen LogP contribution in [-0.4, -0.2) is 31.8 Å². The zero-order chi connectivity index (χ0) is 25.7. The fraction of sp³-hybridized carbons (Fsp3) is 0.100. The molecule has 0 fully saturated rings. The number of nitrogens with one attached hydrogen (secondary N) is 1. The van der Waals surface area contributed by atoms with Gasteiger partial charge in [-0.25, -0.2) is 5.43 Å². The fourth-order valence-corrected chi connectivity index (χ4v) is 4.37. The van der Waals surface area contributed by atoms with Gasteiger partial charge in [-0.3, -0.25) is 4.79 Å². The second-order valence-electron chi connectivity index (χ2n) is 8.92. The molecule has 1 N–H and O–H groups in total. The van der Waals surface area contributed by atoms with Gasteiger partial charge in [-0.15, -0.1) is 10.2 Å². The Morgan fingerprint density at radius 2 is 1.61 bits per heavy atom. The van der Waals surface area contributed by atoms with Gasteiger partial charge >= 0.3 is 0 Å². The van der Waals surface area contributed by atoms with E-state index in [2.05, 4.69) is 25.9 Å². The molecule has 1 amide bonds. The van der Waals surface area contributed by atoms with Gasteiger partial charge in [0.25, 0.3) is 5.91 Å². The average molecular weight is 501 g/mol. The van der Waals surface area contributed by atoms with Gasteiger partial charge in [-0.2, -0.15) is 9.90 Å². The Morgan fingerprint density at radius 1 is 0.895 bits per heavy atom. The molecule has 8 heteroatoms. The van der Waals surface area contributed by atoms with Crippen molar-refractivity contribution in [3.63, 3.8) is 0 Å². The Kier molecular flexibility index (Phi) is 6.42. The molecule has 186 valence electrons. The van der Waals surface area contributed by atoms with E-state index in [0.29, 0.717) is 24.4 Å². The van der Waals surface area contributed by atoms with Crippen molar-refractivity contribution >= 4 is 11.6 Å². The number of carbonyl (C=O) groups is 1. The molecule has 6 rings (SSSR count). The van der Waals surface area contributed by atoms with Crippen LogP contribution in [0.5, 0.6) is 5.75 Å². The van der Waals surface area contributed by atoms with Crippen LogP contribution in [0.15, 0.2) is 114 Å². The zero-order valence-corrected chi connectivity index (χ0v) is 20.4. The van der Waals surface area contributed by atoms with Gasteiger partial charge in [0.15, 0.2) is 0 Å². The van der Waals surface area contributed by atoms with Crippen LogP contribution >= 0.6 is 0 Å². The summed E-state index contributed by atoms with van der Waals surface area (Å²) in [7, 11) is 0. The molecular formula is C30H24N6O2. The van der Waals surface area contributed by atoms with Crippen molar-refractivity contribution in [3.8, 4) is 17.1 Å². The van der Waals surface area contributed by atoms with E-state index in [9.17, 15) is 4.79 Å². The van der Waals surface area contributed by atoms with Crippen molar-refractivity contribution in [1.82, 2.24) is 25.6 Å². The van der Waals surface area contributed by atoms with E-state index >= 15 is 0 Å². The van der Waals surface area contributed by atoms with Crippen LogP contribution in [0.4, 0.5) is 0 Å². The van der Waals surface area contributed by atoms with E-state index in [-0.39, 0.29) is 12.0 Å². The summed E-state index contributed by atoms with van der Waals surface area (Å²) in [5.74, 6) is 1.04. The van der Waals surface area contributed by atoms with Gasteiger partial charge in [-0.1, -0.05) is 84.9 Å². The van der Waals surface area contributed by atoms with Crippen LogP contribution in [0.25, 0.3) is 11.4 Å². The number of hydrazone groups is 1. The fourth-order valence-electron chi connectivity index (χ4n) is 4.37. The van der Waals surface area contributed by atoms with Gasteiger partial charge < -0.3 is 4.74 Å². The molecule has 0 saturated carbocycles. The normalized spacial score (nSPS) is 15.5. The average Bonchev–Trinajstić information content (AvgIpc) is 3.45. The molecule has 0 saturated heterocycles. The highest BCUT2D eigenvalue weighted by molar-refractivity contribution is 6.05. The Labute approximate surface area is 219 Å². The van der Waals surface area contributed by atoms with E-state index in [0.717, 1.165) is 33.7 Å². The van der Waals surface area contributed by atoms with E-state index in [1.165, 1.54) is 4.80 Å². The van der Waals surface area contributed by atoms with Crippen LogP contribution in [0.1, 0.15) is 39.6 Å². The molecule has 0 aliphatic carbocycles. The molecule has 1 aliphatic rings. The molecule has 0 spiro atoms. The van der Waals surface area contributed by atoms with Crippen molar-refractivity contribution in [2.45, 2.75) is 19.1 Å². The molecule has 38 heavy (non-hydrogen) atoms. The Balaban J connectivity index is 1.14. The summed E-state index contributed by atoms with van der Waals surface area (Å²) in [4.78, 5) is 14.4. The first-order valence-electron chi connectivity index (χ1n) is 12.3. The van der Waals surface area contributed by atoms with Crippen molar-refractivity contribution in [2.75, 3.05) is 0 Å². The lowest BCUT2D eigenvalue weighted by molar-refractivity contribution is 0.0954. The lowest BCUT2D eigenvalue weighted by Gasteiger charge is -2.27. The number of hydrogen-bond donors (Lipinski definition) is 1. The number of para-hydroxylation sites is 1. The third-order valence-electron chi connectivity index (χ3n) is 6.33. The number of nitrogens with zero attached hydrogens (tertiary/aromatic N) is 5. The molecule has 1 aromatic heterocycles. The maximum absolute atomic E-state index is 12.9. The predicted octanol–water partition coefficient (Wildman–Crippen LogP) is 5.05. The second kappa shape index (κ2) is 10.5. The first-order chi connectivity index (χ1) is 18.7. The van der Waals surface area contributed by atoms with Crippen LogP contribution in [0.3, 0.4) is 0 Å². The van der Waals surface area contributed by atoms with E-state index in [1.807, 2.05) is 97.1 Å². The quantitative estimate of drug-likeness (QED) is 0.330. The van der Waals surface area contributed by atoms with E-state index in [1.54, 1.807) is 12.1 Å². The summed E-state index contributed by atoms with van der Waals surface area (Å²) in [5, 5.41) is 17.2. The highest BCUT2D eigenvalue weighted by Crippen LogP contribution is 2.34. The molecule has 0 bridgehead atoms. The summed E-state index contributed by atoms with van der Waals surface area (Å²) in [5.41, 5.74) is 7.82. The number of benzene rings is 4. The summed E-state index contributed by atoms with van der Waals surface area (Å²) >= 11 is 0. The molecule has 4 aromatic carbocycles. The third kappa shape index (κ3) is 5.05. The number of carbonyl (C=O) groups excluding carboxylic acids is 1. The van der Waals surface area contributed by atoms with Crippen molar-refractivity contribution in [1.29, 1.82) is 0 Å². The summed E-state index contributed by atoms with van der Waals surface area (Å²) in [6.45, 7) is 0.446.